The van der Waals surface area contributed by atoms with E-state index in [9.17, 15) is 4.79 Å². The van der Waals surface area contributed by atoms with E-state index in [1.807, 2.05) is 0 Å². The van der Waals surface area contributed by atoms with E-state index in [0.717, 1.165) is 0 Å². The van der Waals surface area contributed by atoms with Gasteiger partial charge in [0.15, 0.2) is 5.82 Å². The molecule has 0 radical (unpaired) electrons. The summed E-state index contributed by atoms with van der Waals surface area (Å²) in [6, 6.07) is 1.74. The van der Waals surface area contributed by atoms with Crippen molar-refractivity contribution in [3.8, 4) is 0 Å². The minimum absolute atomic E-state index is 0.226. The second-order valence-corrected chi connectivity index (χ2v) is 2.96. The van der Waals surface area contributed by atoms with Gasteiger partial charge in [-0.2, -0.15) is 0 Å². The number of ether oxygens (including phenoxy) is 1. The summed E-state index contributed by atoms with van der Waals surface area (Å²) in [5.41, 5.74) is 0. The van der Waals surface area contributed by atoms with Crippen LogP contribution >= 0.6 is 0 Å². The smallest absolute Gasteiger partial charge is 0.157 e. The van der Waals surface area contributed by atoms with E-state index in [4.69, 9.17) is 4.74 Å². The second kappa shape index (κ2) is 3.62. The molecule has 0 aromatic carbocycles. The van der Waals surface area contributed by atoms with E-state index < -0.39 is 0 Å². The van der Waals surface area contributed by atoms with Crippen LogP contribution in [0.15, 0.2) is 18.5 Å². The van der Waals surface area contributed by atoms with Crippen LogP contribution in [0.25, 0.3) is 0 Å². The van der Waals surface area contributed by atoms with Crippen molar-refractivity contribution in [3.05, 3.63) is 24.3 Å². The highest BCUT2D eigenvalue weighted by molar-refractivity contribution is 5.79. The number of nitrogens with zero attached hydrogens (tertiary/aromatic N) is 2. The number of hydrogen-bond acceptors (Lipinski definition) is 4. The summed E-state index contributed by atoms with van der Waals surface area (Å²) in [7, 11) is 0. The van der Waals surface area contributed by atoms with Crippen molar-refractivity contribution in [2.24, 2.45) is 0 Å². The van der Waals surface area contributed by atoms with Crippen molar-refractivity contribution in [1.29, 1.82) is 0 Å². The SMILES string of the molecule is O=C1CCOC(c2ncccn2)C1. The number of aromatic nitrogens is 2. The summed E-state index contributed by atoms with van der Waals surface area (Å²) in [5.74, 6) is 0.833. The largest absolute Gasteiger partial charge is 0.369 e. The molecule has 0 aliphatic carbocycles. The normalized spacial score (nSPS) is 23.1. The van der Waals surface area contributed by atoms with Gasteiger partial charge in [0.25, 0.3) is 0 Å². The summed E-state index contributed by atoms with van der Waals surface area (Å²) in [6.45, 7) is 0.488. The van der Waals surface area contributed by atoms with Crippen LogP contribution in [-0.2, 0) is 9.53 Å². The summed E-state index contributed by atoms with van der Waals surface area (Å²) < 4.78 is 5.39. The van der Waals surface area contributed by atoms with E-state index in [2.05, 4.69) is 9.97 Å². The second-order valence-electron chi connectivity index (χ2n) is 2.96. The predicted molar refractivity (Wildman–Crippen MR) is 45.0 cm³/mol. The minimum atomic E-state index is -0.234. The molecule has 1 saturated heterocycles. The van der Waals surface area contributed by atoms with Crippen molar-refractivity contribution >= 4 is 5.78 Å². The maximum Gasteiger partial charge on any atom is 0.157 e. The maximum atomic E-state index is 11.1. The van der Waals surface area contributed by atoms with Crippen LogP contribution in [0, 0.1) is 0 Å². The average Bonchev–Trinajstić information content (AvgIpc) is 2.19. The maximum absolute atomic E-state index is 11.1. The molecule has 1 aromatic rings. The molecule has 2 rings (SSSR count). The topological polar surface area (TPSA) is 52.1 Å². The molecule has 68 valence electrons. The predicted octanol–water partition coefficient (Wildman–Crippen LogP) is 0.897. The third-order valence-corrected chi connectivity index (χ3v) is 1.99. The summed E-state index contributed by atoms with van der Waals surface area (Å²) >= 11 is 0. The van der Waals surface area contributed by atoms with Gasteiger partial charge >= 0.3 is 0 Å². The molecular formula is C9H10N2O2. The Morgan fingerprint density at radius 2 is 2.15 bits per heavy atom. The molecule has 1 unspecified atom stereocenters. The molecule has 1 atom stereocenters. The number of ketones is 1. The molecule has 1 fully saturated rings. The van der Waals surface area contributed by atoms with Crippen molar-refractivity contribution in [2.45, 2.75) is 18.9 Å². The Balaban J connectivity index is 2.13. The van der Waals surface area contributed by atoms with Gasteiger partial charge in [0.05, 0.1) is 6.61 Å². The lowest BCUT2D eigenvalue weighted by Gasteiger charge is -2.19. The Bertz CT molecular complexity index is 300. The zero-order chi connectivity index (χ0) is 9.10. The van der Waals surface area contributed by atoms with E-state index in [1.165, 1.54) is 0 Å². The van der Waals surface area contributed by atoms with Gasteiger partial charge in [0.1, 0.15) is 11.9 Å². The zero-order valence-electron chi connectivity index (χ0n) is 7.14. The fourth-order valence-electron chi connectivity index (χ4n) is 1.33. The van der Waals surface area contributed by atoms with E-state index in [0.29, 0.717) is 25.3 Å². The highest BCUT2D eigenvalue weighted by Crippen LogP contribution is 2.22. The summed E-state index contributed by atoms with van der Waals surface area (Å²) in [6.07, 6.45) is 4.01. The average molecular weight is 178 g/mol. The first-order chi connectivity index (χ1) is 6.36. The summed E-state index contributed by atoms with van der Waals surface area (Å²) in [5, 5.41) is 0. The Hall–Kier alpha value is -1.29. The standard InChI is InChI=1S/C9H10N2O2/c12-7-2-5-13-8(6-7)9-10-3-1-4-11-9/h1,3-4,8H,2,5-6H2. The molecule has 4 heteroatoms. The highest BCUT2D eigenvalue weighted by atomic mass is 16.5. The molecule has 0 amide bonds. The number of rotatable bonds is 1. The van der Waals surface area contributed by atoms with Crippen LogP contribution in [0.1, 0.15) is 24.8 Å². The quantitative estimate of drug-likeness (QED) is 0.641. The lowest BCUT2D eigenvalue weighted by Crippen LogP contribution is -2.20. The van der Waals surface area contributed by atoms with Crippen LogP contribution in [0.5, 0.6) is 0 Å². The third kappa shape index (κ3) is 1.89. The third-order valence-electron chi connectivity index (χ3n) is 1.99. The monoisotopic (exact) mass is 178 g/mol. The number of hydrogen-bond donors (Lipinski definition) is 0. The van der Waals surface area contributed by atoms with Crippen molar-refractivity contribution in [1.82, 2.24) is 9.97 Å². The van der Waals surface area contributed by atoms with Gasteiger partial charge in [-0.15, -0.1) is 0 Å². The van der Waals surface area contributed by atoms with Gasteiger partial charge in [0.2, 0.25) is 0 Å². The Morgan fingerprint density at radius 1 is 1.38 bits per heavy atom. The Morgan fingerprint density at radius 3 is 2.85 bits per heavy atom. The molecule has 0 bridgehead atoms. The fourth-order valence-corrected chi connectivity index (χ4v) is 1.33. The summed E-state index contributed by atoms with van der Waals surface area (Å²) in [4.78, 5) is 19.2. The molecule has 0 saturated carbocycles. The van der Waals surface area contributed by atoms with E-state index >= 15 is 0 Å². The lowest BCUT2D eigenvalue weighted by molar-refractivity contribution is -0.129. The zero-order valence-corrected chi connectivity index (χ0v) is 7.14. The first kappa shape index (κ1) is 8.31. The molecular weight excluding hydrogens is 168 g/mol. The molecule has 1 aliphatic heterocycles. The first-order valence-electron chi connectivity index (χ1n) is 4.26. The number of carbonyl (C=O) groups is 1. The molecule has 2 heterocycles. The van der Waals surface area contributed by atoms with Crippen LogP contribution in [-0.4, -0.2) is 22.4 Å². The van der Waals surface area contributed by atoms with E-state index in [1.54, 1.807) is 18.5 Å². The lowest BCUT2D eigenvalue weighted by atomic mass is 10.1. The molecule has 1 aromatic heterocycles. The fraction of sp³-hybridized carbons (Fsp3) is 0.444. The molecule has 0 spiro atoms. The van der Waals surface area contributed by atoms with Crippen LogP contribution in [0.2, 0.25) is 0 Å². The highest BCUT2D eigenvalue weighted by Gasteiger charge is 2.23. The van der Waals surface area contributed by atoms with Gasteiger partial charge in [-0.1, -0.05) is 0 Å². The van der Waals surface area contributed by atoms with Gasteiger partial charge in [0, 0.05) is 25.2 Å². The van der Waals surface area contributed by atoms with Crippen molar-refractivity contribution < 1.29 is 9.53 Å². The van der Waals surface area contributed by atoms with Gasteiger partial charge in [-0.3, -0.25) is 4.79 Å². The Kier molecular flexibility index (Phi) is 2.31. The van der Waals surface area contributed by atoms with Gasteiger partial charge in [-0.25, -0.2) is 9.97 Å². The Labute approximate surface area is 76.0 Å². The molecule has 4 nitrogen and oxygen atoms in total. The molecule has 0 N–H and O–H groups in total. The van der Waals surface area contributed by atoms with Crippen molar-refractivity contribution in [3.63, 3.8) is 0 Å². The van der Waals surface area contributed by atoms with E-state index in [-0.39, 0.29) is 11.9 Å². The van der Waals surface area contributed by atoms with Gasteiger partial charge < -0.3 is 4.74 Å². The van der Waals surface area contributed by atoms with Crippen molar-refractivity contribution in [2.75, 3.05) is 6.61 Å². The number of Topliss-reactive ketones (excluding diaryl/α,β-unsaturated/α-hetero) is 1. The van der Waals surface area contributed by atoms with Crippen LogP contribution < -0.4 is 0 Å². The number of carbonyl (C=O) groups excluding carboxylic acids is 1. The minimum Gasteiger partial charge on any atom is -0.369 e. The van der Waals surface area contributed by atoms with Crippen LogP contribution in [0.3, 0.4) is 0 Å². The first-order valence-corrected chi connectivity index (χ1v) is 4.26. The van der Waals surface area contributed by atoms with Crippen LogP contribution in [0.4, 0.5) is 0 Å². The molecule has 13 heavy (non-hydrogen) atoms. The van der Waals surface area contributed by atoms with Gasteiger partial charge in [-0.05, 0) is 6.07 Å². The molecule has 1 aliphatic rings.